The van der Waals surface area contributed by atoms with Gasteiger partial charge >= 0.3 is 5.97 Å². The van der Waals surface area contributed by atoms with Crippen molar-refractivity contribution in [2.75, 3.05) is 6.61 Å². The second-order valence-corrected chi connectivity index (χ2v) is 6.11. The van der Waals surface area contributed by atoms with Crippen LogP contribution in [0.4, 0.5) is 0 Å². The van der Waals surface area contributed by atoms with Crippen molar-refractivity contribution in [2.45, 2.75) is 32.4 Å². The summed E-state index contributed by atoms with van der Waals surface area (Å²) in [6.45, 7) is 4.88. The summed E-state index contributed by atoms with van der Waals surface area (Å²) in [5, 5.41) is 11.7. The molecule has 0 radical (unpaired) electrons. The molecule has 2 aliphatic rings. The first-order valence-electron chi connectivity index (χ1n) is 6.89. The molecule has 1 aliphatic carbocycles. The van der Waals surface area contributed by atoms with E-state index in [0.29, 0.717) is 5.92 Å². The highest BCUT2D eigenvalue weighted by atomic mass is 16.5. The monoisotopic (exact) mass is 291 g/mol. The number of rotatable bonds is 3. The number of carboxylic acids is 1. The summed E-state index contributed by atoms with van der Waals surface area (Å²) in [5.74, 6) is -1.15. The van der Waals surface area contributed by atoms with E-state index in [1.807, 2.05) is 0 Å². The van der Waals surface area contributed by atoms with Crippen molar-refractivity contribution >= 4 is 11.9 Å². The molecule has 7 heteroatoms. The number of carbonyl (C=O) groups is 2. The van der Waals surface area contributed by atoms with Crippen LogP contribution >= 0.6 is 0 Å². The molecule has 3 rings (SSSR count). The quantitative estimate of drug-likeness (QED) is 0.850. The van der Waals surface area contributed by atoms with Gasteiger partial charge in [0.15, 0.2) is 5.69 Å². The second kappa shape index (κ2) is 4.77. The van der Waals surface area contributed by atoms with Crippen LogP contribution in [0.25, 0.3) is 0 Å². The third kappa shape index (κ3) is 2.17. The molecule has 21 heavy (non-hydrogen) atoms. The topological polar surface area (TPSA) is 101 Å². The first-order valence-corrected chi connectivity index (χ1v) is 6.89. The molecular formula is C14H17N3O4. The first-order chi connectivity index (χ1) is 9.91. The minimum atomic E-state index is -1.17. The predicted molar refractivity (Wildman–Crippen MR) is 71.9 cm³/mol. The van der Waals surface area contributed by atoms with Gasteiger partial charge in [-0.05, 0) is 6.42 Å². The van der Waals surface area contributed by atoms with Crippen molar-refractivity contribution in [3.8, 4) is 0 Å². The van der Waals surface area contributed by atoms with Gasteiger partial charge in [-0.3, -0.25) is 4.79 Å². The Balaban J connectivity index is 1.70. The fourth-order valence-electron chi connectivity index (χ4n) is 3.39. The number of aromatic carboxylic acids is 1. The highest BCUT2D eigenvalue weighted by molar-refractivity contribution is 5.93. The maximum Gasteiger partial charge on any atom is 0.356 e. The number of hydrogen-bond donors (Lipinski definition) is 2. The summed E-state index contributed by atoms with van der Waals surface area (Å²) in [6, 6.07) is 0.0402. The number of carboxylic acid groups (broad SMARTS) is 1. The van der Waals surface area contributed by atoms with Gasteiger partial charge in [0.05, 0.1) is 18.5 Å². The van der Waals surface area contributed by atoms with Crippen LogP contribution in [0.5, 0.6) is 0 Å². The highest BCUT2D eigenvalue weighted by Crippen LogP contribution is 2.52. The maximum absolute atomic E-state index is 12.2. The van der Waals surface area contributed by atoms with Crippen molar-refractivity contribution in [3.05, 3.63) is 23.8 Å². The number of fused-ring (bicyclic) bond motifs is 1. The molecule has 1 amide bonds. The average molecular weight is 291 g/mol. The van der Waals surface area contributed by atoms with E-state index in [9.17, 15) is 9.59 Å². The molecule has 0 aromatic carbocycles. The lowest BCUT2D eigenvalue weighted by Crippen LogP contribution is -2.66. The van der Waals surface area contributed by atoms with Gasteiger partial charge in [0.1, 0.15) is 5.69 Å². The van der Waals surface area contributed by atoms with Gasteiger partial charge < -0.3 is 15.2 Å². The summed E-state index contributed by atoms with van der Waals surface area (Å²) in [5.41, 5.74) is -0.163. The smallest absolute Gasteiger partial charge is 0.356 e. The molecule has 0 bridgehead atoms. The van der Waals surface area contributed by atoms with Gasteiger partial charge in [-0.25, -0.2) is 14.8 Å². The van der Waals surface area contributed by atoms with Crippen LogP contribution in [0, 0.1) is 11.3 Å². The molecule has 0 spiro atoms. The van der Waals surface area contributed by atoms with Gasteiger partial charge in [-0.15, -0.1) is 0 Å². The van der Waals surface area contributed by atoms with Gasteiger partial charge in [0, 0.05) is 24.0 Å². The lowest BCUT2D eigenvalue weighted by atomic mass is 9.57. The number of nitrogens with zero attached hydrogens (tertiary/aromatic N) is 2. The highest BCUT2D eigenvalue weighted by Gasteiger charge is 2.59. The minimum Gasteiger partial charge on any atom is -0.476 e. The second-order valence-electron chi connectivity index (χ2n) is 6.11. The van der Waals surface area contributed by atoms with Gasteiger partial charge in [0.25, 0.3) is 5.91 Å². The molecule has 2 fully saturated rings. The van der Waals surface area contributed by atoms with Crippen LogP contribution in [-0.2, 0) is 4.74 Å². The summed E-state index contributed by atoms with van der Waals surface area (Å²) in [7, 11) is 0. The molecule has 3 unspecified atom stereocenters. The third-order valence-electron chi connectivity index (χ3n) is 4.49. The Kier molecular flexibility index (Phi) is 3.16. The number of hydrogen-bond acceptors (Lipinski definition) is 5. The van der Waals surface area contributed by atoms with E-state index in [4.69, 9.17) is 9.84 Å². The van der Waals surface area contributed by atoms with Crippen LogP contribution in [0.2, 0.25) is 0 Å². The van der Waals surface area contributed by atoms with Crippen molar-refractivity contribution in [1.82, 2.24) is 15.3 Å². The van der Waals surface area contributed by atoms with Crippen molar-refractivity contribution in [2.24, 2.45) is 11.3 Å². The normalized spacial score (nSPS) is 29.3. The number of carbonyl (C=O) groups excluding carboxylic acids is 1. The van der Waals surface area contributed by atoms with Gasteiger partial charge in [0.2, 0.25) is 0 Å². The summed E-state index contributed by atoms with van der Waals surface area (Å²) in [6.07, 6.45) is 3.42. The average Bonchev–Trinajstić information content (AvgIpc) is 2.91. The van der Waals surface area contributed by atoms with Crippen LogP contribution in [-0.4, -0.2) is 45.7 Å². The Morgan fingerprint density at radius 2 is 2.00 bits per heavy atom. The summed E-state index contributed by atoms with van der Waals surface area (Å²) in [4.78, 5) is 30.5. The maximum atomic E-state index is 12.2. The zero-order valence-corrected chi connectivity index (χ0v) is 11.9. The van der Waals surface area contributed by atoms with Crippen LogP contribution in [0.15, 0.2) is 12.4 Å². The molecule has 2 heterocycles. The van der Waals surface area contributed by atoms with Gasteiger partial charge in [-0.2, -0.15) is 0 Å². The molecule has 112 valence electrons. The molecule has 3 atom stereocenters. The van der Waals surface area contributed by atoms with Crippen molar-refractivity contribution in [1.29, 1.82) is 0 Å². The Morgan fingerprint density at radius 1 is 1.33 bits per heavy atom. The fourth-order valence-corrected chi connectivity index (χ4v) is 3.39. The molecule has 1 saturated heterocycles. The third-order valence-corrected chi connectivity index (χ3v) is 4.49. The Morgan fingerprint density at radius 3 is 2.62 bits per heavy atom. The lowest BCUT2D eigenvalue weighted by molar-refractivity contribution is -0.108. The van der Waals surface area contributed by atoms with E-state index in [1.165, 1.54) is 6.20 Å². The van der Waals surface area contributed by atoms with E-state index in [2.05, 4.69) is 29.1 Å². The number of amides is 1. The number of ether oxygens (including phenoxy) is 1. The molecular weight excluding hydrogens is 274 g/mol. The number of aromatic nitrogens is 2. The van der Waals surface area contributed by atoms with Gasteiger partial charge in [-0.1, -0.05) is 13.8 Å². The molecule has 7 nitrogen and oxygen atoms in total. The van der Waals surface area contributed by atoms with Crippen LogP contribution in [0.3, 0.4) is 0 Å². The molecule has 2 N–H and O–H groups in total. The van der Waals surface area contributed by atoms with Crippen LogP contribution < -0.4 is 5.32 Å². The predicted octanol–water partition coefficient (Wildman–Crippen LogP) is 0.718. The zero-order valence-electron chi connectivity index (χ0n) is 11.9. The minimum absolute atomic E-state index is 0.0402. The summed E-state index contributed by atoms with van der Waals surface area (Å²) >= 11 is 0. The Hall–Kier alpha value is -2.02. The van der Waals surface area contributed by atoms with Crippen LogP contribution in [0.1, 0.15) is 41.2 Å². The van der Waals surface area contributed by atoms with Crippen molar-refractivity contribution in [3.63, 3.8) is 0 Å². The summed E-state index contributed by atoms with van der Waals surface area (Å²) < 4.78 is 5.68. The van der Waals surface area contributed by atoms with E-state index < -0.39 is 5.97 Å². The fraction of sp³-hybridized carbons (Fsp3) is 0.571. The van der Waals surface area contributed by atoms with E-state index in [0.717, 1.165) is 19.2 Å². The Labute approximate surface area is 121 Å². The zero-order chi connectivity index (χ0) is 15.2. The molecule has 1 aromatic heterocycles. The standard InChI is InChI=1S/C14H17N3O4/c1-14(2)10(7-3-4-21-11(7)14)17-12(18)8-5-16-9(6-15-8)13(19)20/h5-7,10-11H,3-4H2,1-2H3,(H,17,18)(H,19,20). The van der Waals surface area contributed by atoms with E-state index in [-0.39, 0.29) is 34.9 Å². The molecule has 1 saturated carbocycles. The van der Waals surface area contributed by atoms with Crippen molar-refractivity contribution < 1.29 is 19.4 Å². The SMILES string of the molecule is CC1(C)C(NC(=O)c2cnc(C(=O)O)cn2)C2CCOC21. The van der Waals surface area contributed by atoms with E-state index in [1.54, 1.807) is 0 Å². The number of nitrogens with one attached hydrogen (secondary N) is 1. The lowest BCUT2D eigenvalue weighted by Gasteiger charge is -2.54. The first kappa shape index (κ1) is 13.9. The largest absolute Gasteiger partial charge is 0.476 e. The Bertz CT molecular complexity index is 584. The molecule has 1 aliphatic heterocycles. The molecule has 1 aromatic rings. The van der Waals surface area contributed by atoms with E-state index >= 15 is 0 Å².